The molecular formula is C22H26F3N3O2. The fourth-order valence-corrected chi connectivity index (χ4v) is 4.32. The maximum Gasteiger partial charge on any atom is 0.416 e. The molecule has 3 rings (SSSR count). The zero-order valence-corrected chi connectivity index (χ0v) is 17.1. The Balaban J connectivity index is 1.74. The van der Waals surface area contributed by atoms with Gasteiger partial charge in [0, 0.05) is 31.5 Å². The van der Waals surface area contributed by atoms with Crippen LogP contribution < -0.4 is 5.32 Å². The number of rotatable bonds is 4. The van der Waals surface area contributed by atoms with Crippen molar-refractivity contribution in [2.75, 3.05) is 19.6 Å². The lowest BCUT2D eigenvalue weighted by Crippen LogP contribution is -2.59. The lowest BCUT2D eigenvalue weighted by molar-refractivity contribution is -0.137. The number of piperidine rings is 1. The van der Waals surface area contributed by atoms with Gasteiger partial charge in [-0.3, -0.25) is 14.9 Å². The summed E-state index contributed by atoms with van der Waals surface area (Å²) in [6.07, 6.45) is 2.61. The summed E-state index contributed by atoms with van der Waals surface area (Å²) in [6.45, 7) is 4.92. The summed E-state index contributed by atoms with van der Waals surface area (Å²) >= 11 is 0. The Bertz CT molecular complexity index is 852. The first-order valence-corrected chi connectivity index (χ1v) is 10.1. The molecule has 1 aromatic carbocycles. The summed E-state index contributed by atoms with van der Waals surface area (Å²) in [6, 6.07) is 4.15. The van der Waals surface area contributed by atoms with Crippen LogP contribution >= 0.6 is 0 Å². The number of carbonyl (C=O) groups excluding carboxylic acids is 2. The second-order valence-electron chi connectivity index (χ2n) is 8.36. The van der Waals surface area contributed by atoms with Gasteiger partial charge in [0.05, 0.1) is 23.8 Å². The Morgan fingerprint density at radius 2 is 2.00 bits per heavy atom. The molecule has 1 spiro atoms. The average molecular weight is 421 g/mol. The maximum absolute atomic E-state index is 13.0. The molecule has 2 amide bonds. The van der Waals surface area contributed by atoms with E-state index in [1.54, 1.807) is 4.90 Å². The molecule has 2 fully saturated rings. The maximum atomic E-state index is 13.0. The third-order valence-electron chi connectivity index (χ3n) is 5.79. The molecule has 2 heterocycles. The van der Waals surface area contributed by atoms with Gasteiger partial charge >= 0.3 is 6.18 Å². The van der Waals surface area contributed by atoms with Gasteiger partial charge in [0.1, 0.15) is 0 Å². The zero-order chi connectivity index (χ0) is 22.1. The van der Waals surface area contributed by atoms with Gasteiger partial charge in [-0.15, -0.1) is 6.42 Å². The minimum absolute atomic E-state index is 0.00870. The molecule has 162 valence electrons. The van der Waals surface area contributed by atoms with Crippen LogP contribution in [0.2, 0.25) is 0 Å². The number of alkyl halides is 3. The summed E-state index contributed by atoms with van der Waals surface area (Å²) in [5.41, 5.74) is -1.45. The quantitative estimate of drug-likeness (QED) is 0.761. The highest BCUT2D eigenvalue weighted by Gasteiger charge is 2.51. The third kappa shape index (κ3) is 4.31. The lowest BCUT2D eigenvalue weighted by atomic mass is 9.95. The molecule has 1 aromatic rings. The summed E-state index contributed by atoms with van der Waals surface area (Å²) < 4.78 is 38.9. The summed E-state index contributed by atoms with van der Waals surface area (Å²) in [5.74, 6) is 2.40. The summed E-state index contributed by atoms with van der Waals surface area (Å²) in [5, 5.41) is 3.44. The lowest BCUT2D eigenvalue weighted by Gasteiger charge is -2.44. The average Bonchev–Trinajstić information content (AvgIpc) is 2.93. The Labute approximate surface area is 174 Å². The van der Waals surface area contributed by atoms with E-state index in [4.69, 9.17) is 6.42 Å². The van der Waals surface area contributed by atoms with Crippen LogP contribution in [0.5, 0.6) is 0 Å². The van der Waals surface area contributed by atoms with Gasteiger partial charge in [-0.2, -0.15) is 13.2 Å². The van der Waals surface area contributed by atoms with E-state index in [1.807, 2.05) is 13.8 Å². The fourth-order valence-electron chi connectivity index (χ4n) is 4.32. The molecular weight excluding hydrogens is 395 g/mol. The van der Waals surface area contributed by atoms with E-state index in [2.05, 4.69) is 11.2 Å². The summed E-state index contributed by atoms with van der Waals surface area (Å²) in [4.78, 5) is 28.9. The monoisotopic (exact) mass is 421 g/mol. The molecule has 2 aliphatic heterocycles. The molecule has 2 aliphatic rings. The molecule has 30 heavy (non-hydrogen) atoms. The molecule has 1 unspecified atom stereocenters. The molecule has 0 bridgehead atoms. The van der Waals surface area contributed by atoms with Crippen LogP contribution in [-0.2, 0) is 11.0 Å². The van der Waals surface area contributed by atoms with E-state index >= 15 is 0 Å². The summed E-state index contributed by atoms with van der Waals surface area (Å²) in [7, 11) is 0. The van der Waals surface area contributed by atoms with E-state index < -0.39 is 23.3 Å². The minimum Gasteiger partial charge on any atom is -0.338 e. The Kier molecular flexibility index (Phi) is 6.14. The first-order chi connectivity index (χ1) is 14.1. The third-order valence-corrected chi connectivity index (χ3v) is 5.79. The standard InChI is InChI=1S/C22H26F3N3O2/c1-4-10-28-20(30)18(13-15(2)3)26-21(28)8-11-27(12-9-21)19(29)16-6-5-7-17(14-16)22(23,24)25/h1,5-7,14-15,18,26H,8-13H2,2-3H3. The van der Waals surface area contributed by atoms with Crippen LogP contribution in [0.15, 0.2) is 24.3 Å². The minimum atomic E-state index is -4.50. The van der Waals surface area contributed by atoms with Crippen LogP contribution in [0.1, 0.15) is 49.0 Å². The van der Waals surface area contributed by atoms with Gasteiger partial charge < -0.3 is 9.80 Å². The van der Waals surface area contributed by atoms with Crippen molar-refractivity contribution in [3.63, 3.8) is 0 Å². The number of halogens is 3. The largest absolute Gasteiger partial charge is 0.416 e. The van der Waals surface area contributed by atoms with E-state index in [1.165, 1.54) is 17.0 Å². The number of hydrogen-bond acceptors (Lipinski definition) is 3. The van der Waals surface area contributed by atoms with E-state index in [-0.39, 0.29) is 24.1 Å². The van der Waals surface area contributed by atoms with E-state index in [9.17, 15) is 22.8 Å². The topological polar surface area (TPSA) is 52.7 Å². The molecule has 0 aliphatic carbocycles. The molecule has 1 atom stereocenters. The number of nitrogens with zero attached hydrogens (tertiary/aromatic N) is 2. The Hall–Kier alpha value is -2.53. The van der Waals surface area contributed by atoms with Gasteiger partial charge in [0.2, 0.25) is 5.91 Å². The van der Waals surface area contributed by atoms with Crippen LogP contribution in [0.25, 0.3) is 0 Å². The molecule has 0 radical (unpaired) electrons. The van der Waals surface area contributed by atoms with Gasteiger partial charge in [-0.05, 0) is 30.5 Å². The Morgan fingerprint density at radius 3 is 2.57 bits per heavy atom. The molecule has 2 saturated heterocycles. The highest BCUT2D eigenvalue weighted by atomic mass is 19.4. The van der Waals surface area contributed by atoms with Crippen molar-refractivity contribution in [1.29, 1.82) is 0 Å². The Morgan fingerprint density at radius 1 is 1.33 bits per heavy atom. The van der Waals surface area contributed by atoms with Gasteiger partial charge in [-0.1, -0.05) is 25.8 Å². The van der Waals surface area contributed by atoms with Crippen LogP contribution in [0.3, 0.4) is 0 Å². The van der Waals surface area contributed by atoms with Crippen LogP contribution in [0.4, 0.5) is 13.2 Å². The van der Waals surface area contributed by atoms with Gasteiger partial charge in [0.25, 0.3) is 5.91 Å². The highest BCUT2D eigenvalue weighted by molar-refractivity contribution is 5.94. The van der Waals surface area contributed by atoms with Gasteiger partial charge in [0.15, 0.2) is 0 Å². The number of hydrogen-bond donors (Lipinski definition) is 1. The van der Waals surface area contributed by atoms with Crippen molar-refractivity contribution in [2.45, 2.75) is 51.0 Å². The number of terminal acetylenes is 1. The highest BCUT2D eigenvalue weighted by Crippen LogP contribution is 2.35. The van der Waals surface area contributed by atoms with Crippen molar-refractivity contribution < 1.29 is 22.8 Å². The number of amides is 2. The first kappa shape index (κ1) is 22.2. The zero-order valence-electron chi connectivity index (χ0n) is 17.1. The van der Waals surface area contributed by atoms with Crippen molar-refractivity contribution >= 4 is 11.8 Å². The number of carbonyl (C=O) groups is 2. The van der Waals surface area contributed by atoms with Crippen molar-refractivity contribution in [2.24, 2.45) is 5.92 Å². The predicted molar refractivity (Wildman–Crippen MR) is 106 cm³/mol. The predicted octanol–water partition coefficient (Wildman–Crippen LogP) is 3.12. The fraction of sp³-hybridized carbons (Fsp3) is 0.545. The van der Waals surface area contributed by atoms with E-state index in [0.717, 1.165) is 12.1 Å². The molecule has 1 N–H and O–H groups in total. The number of benzene rings is 1. The second kappa shape index (κ2) is 8.31. The second-order valence-corrected chi connectivity index (χ2v) is 8.36. The molecule has 5 nitrogen and oxygen atoms in total. The molecule has 0 saturated carbocycles. The SMILES string of the molecule is C#CCN1C(=O)C(CC(C)C)NC12CCN(C(=O)c1cccc(C(F)(F)F)c1)CC2. The smallest absolute Gasteiger partial charge is 0.338 e. The van der Waals surface area contributed by atoms with Crippen LogP contribution in [-0.4, -0.2) is 53.0 Å². The van der Waals surface area contributed by atoms with Crippen molar-refractivity contribution in [3.8, 4) is 12.3 Å². The van der Waals surface area contributed by atoms with Crippen molar-refractivity contribution in [3.05, 3.63) is 35.4 Å². The molecule has 8 heteroatoms. The first-order valence-electron chi connectivity index (χ1n) is 10.1. The normalized spacial score (nSPS) is 21.4. The number of nitrogens with one attached hydrogen (secondary N) is 1. The number of likely N-dealkylation sites (tertiary alicyclic amines) is 1. The van der Waals surface area contributed by atoms with E-state index in [0.29, 0.717) is 38.3 Å². The van der Waals surface area contributed by atoms with Crippen LogP contribution in [0, 0.1) is 18.3 Å². The molecule has 0 aromatic heterocycles. The van der Waals surface area contributed by atoms with Gasteiger partial charge in [-0.25, -0.2) is 0 Å². The van der Waals surface area contributed by atoms with Crippen molar-refractivity contribution in [1.82, 2.24) is 15.1 Å².